The first-order valence-electron chi connectivity index (χ1n) is 29.1. The van der Waals surface area contributed by atoms with Gasteiger partial charge in [-0.15, -0.1) is 0 Å². The highest BCUT2D eigenvalue weighted by Gasteiger charge is 2.19. The third-order valence-corrected chi connectivity index (χ3v) is 12.4. The van der Waals surface area contributed by atoms with Gasteiger partial charge in [-0.2, -0.15) is 0 Å². The number of ether oxygens (including phenoxy) is 3. The summed E-state index contributed by atoms with van der Waals surface area (Å²) in [7, 11) is 0. The normalized spacial score (nSPS) is 12.7. The summed E-state index contributed by atoms with van der Waals surface area (Å²) in [6.45, 7) is 6.51. The number of carbonyl (C=O) groups is 3. The Labute approximate surface area is 426 Å². The van der Waals surface area contributed by atoms with Gasteiger partial charge in [0.1, 0.15) is 13.2 Å². The SMILES string of the molecule is CCCC/C=C\CCCCCCCC(=O)OC[C@@H](COC(=O)CCCCCCCCCCCCC/C=C\CCCCCCCC)OC(=O)CC/C=C\C/C=C\C/C=C\C/C=C\C/C=C\CCCCC. The van der Waals surface area contributed by atoms with Gasteiger partial charge < -0.3 is 14.2 Å². The molecule has 0 heterocycles. The van der Waals surface area contributed by atoms with Crippen molar-refractivity contribution >= 4 is 17.9 Å². The van der Waals surface area contributed by atoms with Gasteiger partial charge in [0.05, 0.1) is 0 Å². The Bertz CT molecular complexity index is 1330. The first kappa shape index (κ1) is 65.6. The highest BCUT2D eigenvalue weighted by molar-refractivity contribution is 5.71. The van der Waals surface area contributed by atoms with Crippen LogP contribution in [0.2, 0.25) is 0 Å². The Kier molecular flexibility index (Phi) is 54.3. The average molecular weight is 962 g/mol. The molecule has 0 N–H and O–H groups in total. The van der Waals surface area contributed by atoms with E-state index in [2.05, 4.69) is 99.8 Å². The maximum atomic E-state index is 12.8. The first-order valence-corrected chi connectivity index (χ1v) is 29.1. The number of carbonyl (C=O) groups excluding carboxylic acids is 3. The molecule has 0 unspecified atom stereocenters. The maximum Gasteiger partial charge on any atom is 0.306 e. The molecule has 0 aromatic heterocycles. The minimum absolute atomic E-state index is 0.109. The summed E-state index contributed by atoms with van der Waals surface area (Å²) in [5.41, 5.74) is 0. The van der Waals surface area contributed by atoms with Crippen LogP contribution in [-0.4, -0.2) is 37.2 Å². The standard InChI is InChI=1S/C63H108O6/c1-4-7-10-13-16-19-22-24-26-28-30-31-33-34-36-38-41-44-47-50-53-56-62(65)68-59-60(58-67-61(64)55-52-49-46-43-40-21-18-15-12-9-6-3)69-63(66)57-54-51-48-45-42-39-37-35-32-29-27-25-23-20-17-14-11-8-5-2/h15,17-18,20,24-27,32,35,39,42,48,51,60H,4-14,16,19,21-23,28-31,33-34,36-38,40-41,43-47,49-50,52-59H2,1-3H3/b18-15-,20-17-,26-24-,27-25-,35-32-,42-39-,51-48-/t60-/m0/s1. The van der Waals surface area contributed by atoms with Crippen molar-refractivity contribution in [3.8, 4) is 0 Å². The highest BCUT2D eigenvalue weighted by Crippen LogP contribution is 2.15. The van der Waals surface area contributed by atoms with Gasteiger partial charge in [-0.05, 0) is 103 Å². The van der Waals surface area contributed by atoms with Crippen LogP contribution in [0.25, 0.3) is 0 Å². The average Bonchev–Trinajstić information content (AvgIpc) is 3.35. The zero-order valence-electron chi connectivity index (χ0n) is 45.3. The molecule has 0 aromatic carbocycles. The molecular weight excluding hydrogens is 853 g/mol. The summed E-state index contributed by atoms with van der Waals surface area (Å²) in [6.07, 6.45) is 74.5. The predicted octanol–water partition coefficient (Wildman–Crippen LogP) is 19.5. The van der Waals surface area contributed by atoms with Crippen molar-refractivity contribution in [2.45, 2.75) is 284 Å². The molecule has 0 spiro atoms. The van der Waals surface area contributed by atoms with Gasteiger partial charge in [0, 0.05) is 19.3 Å². The summed E-state index contributed by atoms with van der Waals surface area (Å²) in [6, 6.07) is 0. The van der Waals surface area contributed by atoms with Crippen molar-refractivity contribution < 1.29 is 28.6 Å². The summed E-state index contributed by atoms with van der Waals surface area (Å²) < 4.78 is 16.8. The van der Waals surface area contributed by atoms with Gasteiger partial charge in [0.2, 0.25) is 0 Å². The van der Waals surface area contributed by atoms with Crippen molar-refractivity contribution in [2.75, 3.05) is 13.2 Å². The van der Waals surface area contributed by atoms with E-state index in [-0.39, 0.29) is 31.6 Å². The van der Waals surface area contributed by atoms with E-state index in [4.69, 9.17) is 14.2 Å². The minimum atomic E-state index is -0.819. The molecular formula is C63H108O6. The molecule has 0 saturated heterocycles. The largest absolute Gasteiger partial charge is 0.462 e. The van der Waals surface area contributed by atoms with E-state index in [0.717, 1.165) is 77.0 Å². The fraction of sp³-hybridized carbons (Fsp3) is 0.730. The lowest BCUT2D eigenvalue weighted by Crippen LogP contribution is -2.30. The van der Waals surface area contributed by atoms with Crippen LogP contribution in [0.3, 0.4) is 0 Å². The van der Waals surface area contributed by atoms with Crippen LogP contribution in [0.5, 0.6) is 0 Å². The van der Waals surface area contributed by atoms with E-state index < -0.39 is 12.1 Å². The Morgan fingerprint density at radius 3 is 0.957 bits per heavy atom. The zero-order chi connectivity index (χ0) is 50.0. The summed E-state index contributed by atoms with van der Waals surface area (Å²) >= 11 is 0. The third-order valence-electron chi connectivity index (χ3n) is 12.4. The molecule has 0 aromatic rings. The summed E-state index contributed by atoms with van der Waals surface area (Å²) in [5.74, 6) is -0.999. The molecule has 0 saturated carbocycles. The van der Waals surface area contributed by atoms with Gasteiger partial charge in [-0.1, -0.05) is 241 Å². The van der Waals surface area contributed by atoms with E-state index in [0.29, 0.717) is 19.3 Å². The number of hydrogen-bond donors (Lipinski definition) is 0. The second kappa shape index (κ2) is 57.2. The molecule has 6 nitrogen and oxygen atoms in total. The predicted molar refractivity (Wildman–Crippen MR) is 297 cm³/mol. The second-order valence-corrected chi connectivity index (χ2v) is 19.2. The molecule has 0 aliphatic heterocycles. The zero-order valence-corrected chi connectivity index (χ0v) is 45.3. The Morgan fingerprint density at radius 1 is 0.290 bits per heavy atom. The minimum Gasteiger partial charge on any atom is -0.462 e. The fourth-order valence-corrected chi connectivity index (χ4v) is 7.93. The molecule has 0 radical (unpaired) electrons. The Balaban J connectivity index is 4.42. The van der Waals surface area contributed by atoms with Crippen molar-refractivity contribution in [1.82, 2.24) is 0 Å². The molecule has 0 aliphatic carbocycles. The van der Waals surface area contributed by atoms with Gasteiger partial charge in [0.15, 0.2) is 6.10 Å². The number of rotatable bonds is 52. The maximum absolute atomic E-state index is 12.8. The highest BCUT2D eigenvalue weighted by atomic mass is 16.6. The van der Waals surface area contributed by atoms with E-state index in [1.165, 1.54) is 154 Å². The lowest BCUT2D eigenvalue weighted by Gasteiger charge is -2.18. The van der Waals surface area contributed by atoms with Crippen LogP contribution in [-0.2, 0) is 28.6 Å². The van der Waals surface area contributed by atoms with Crippen molar-refractivity contribution in [1.29, 1.82) is 0 Å². The molecule has 0 fully saturated rings. The van der Waals surface area contributed by atoms with Crippen LogP contribution in [0.4, 0.5) is 0 Å². The first-order chi connectivity index (χ1) is 34.0. The van der Waals surface area contributed by atoms with E-state index in [9.17, 15) is 14.4 Å². The molecule has 0 amide bonds. The molecule has 0 bridgehead atoms. The van der Waals surface area contributed by atoms with Crippen molar-refractivity contribution in [2.24, 2.45) is 0 Å². The molecule has 396 valence electrons. The summed E-state index contributed by atoms with van der Waals surface area (Å²) in [4.78, 5) is 38.1. The quantitative estimate of drug-likeness (QED) is 0.0262. The molecule has 6 heteroatoms. The van der Waals surface area contributed by atoms with Gasteiger partial charge in [0.25, 0.3) is 0 Å². The smallest absolute Gasteiger partial charge is 0.306 e. The van der Waals surface area contributed by atoms with E-state index in [1.54, 1.807) is 0 Å². The van der Waals surface area contributed by atoms with Crippen LogP contribution >= 0.6 is 0 Å². The number of hydrogen-bond acceptors (Lipinski definition) is 6. The molecule has 0 rings (SSSR count). The fourth-order valence-electron chi connectivity index (χ4n) is 7.93. The molecule has 0 aliphatic rings. The van der Waals surface area contributed by atoms with E-state index >= 15 is 0 Å². The van der Waals surface area contributed by atoms with Crippen LogP contribution in [0.15, 0.2) is 85.1 Å². The monoisotopic (exact) mass is 961 g/mol. The number of allylic oxidation sites excluding steroid dienone is 14. The van der Waals surface area contributed by atoms with Crippen LogP contribution < -0.4 is 0 Å². The van der Waals surface area contributed by atoms with Gasteiger partial charge >= 0.3 is 17.9 Å². The molecule has 1 atom stereocenters. The Morgan fingerprint density at radius 2 is 0.565 bits per heavy atom. The number of esters is 3. The topological polar surface area (TPSA) is 78.9 Å². The van der Waals surface area contributed by atoms with Crippen LogP contribution in [0.1, 0.15) is 278 Å². The van der Waals surface area contributed by atoms with E-state index in [1.807, 2.05) is 6.08 Å². The summed E-state index contributed by atoms with van der Waals surface area (Å²) in [5, 5.41) is 0. The third kappa shape index (κ3) is 55.4. The molecule has 69 heavy (non-hydrogen) atoms. The van der Waals surface area contributed by atoms with Gasteiger partial charge in [-0.25, -0.2) is 0 Å². The van der Waals surface area contributed by atoms with Crippen molar-refractivity contribution in [3.63, 3.8) is 0 Å². The lowest BCUT2D eigenvalue weighted by molar-refractivity contribution is -0.166. The van der Waals surface area contributed by atoms with Gasteiger partial charge in [-0.3, -0.25) is 14.4 Å². The second-order valence-electron chi connectivity index (χ2n) is 19.2. The van der Waals surface area contributed by atoms with Crippen LogP contribution in [0, 0.1) is 0 Å². The van der Waals surface area contributed by atoms with Crippen molar-refractivity contribution in [3.05, 3.63) is 85.1 Å². The number of unbranched alkanes of at least 4 members (excludes halogenated alkanes) is 27. The lowest BCUT2D eigenvalue weighted by atomic mass is 10.0. The Hall–Kier alpha value is -3.41.